The monoisotopic (exact) mass is 513 g/mol. The lowest BCUT2D eigenvalue weighted by Crippen LogP contribution is -2.38. The number of rotatable bonds is 7. The highest BCUT2D eigenvalue weighted by atomic mass is 16.6. The van der Waals surface area contributed by atoms with Gasteiger partial charge in [-0.25, -0.2) is 9.97 Å². The van der Waals surface area contributed by atoms with Crippen molar-refractivity contribution >= 4 is 28.3 Å². The van der Waals surface area contributed by atoms with Gasteiger partial charge in [0.2, 0.25) is 5.95 Å². The fraction of sp³-hybridized carbons (Fsp3) is 0.379. The zero-order valence-corrected chi connectivity index (χ0v) is 21.2. The number of fused-ring (bicyclic) bond motifs is 1. The zero-order chi connectivity index (χ0) is 25.7. The first-order valence-corrected chi connectivity index (χ1v) is 13.3. The number of nitrogens with zero attached hydrogens (tertiary/aromatic N) is 3. The number of hydrogen-bond donors (Lipinski definition) is 2. The largest absolute Gasteiger partial charge is 0.485 e. The number of Topliss-reactive ketones (excluding diaryl/α,β-unsaturated/α-hetero) is 1. The molecule has 5 heterocycles. The van der Waals surface area contributed by atoms with Crippen LogP contribution >= 0.6 is 0 Å². The van der Waals surface area contributed by atoms with Crippen molar-refractivity contribution in [3.05, 3.63) is 60.6 Å². The van der Waals surface area contributed by atoms with E-state index in [4.69, 9.17) is 14.2 Å². The van der Waals surface area contributed by atoms with Gasteiger partial charge in [0.25, 0.3) is 0 Å². The summed E-state index contributed by atoms with van der Waals surface area (Å²) in [5.74, 6) is 1.43. The molecule has 1 aromatic carbocycles. The summed E-state index contributed by atoms with van der Waals surface area (Å²) in [6.07, 6.45) is 8.24. The van der Waals surface area contributed by atoms with Crippen LogP contribution in [0.1, 0.15) is 42.6 Å². The lowest BCUT2D eigenvalue weighted by molar-refractivity contribution is -0.0796. The molecule has 0 aliphatic carbocycles. The average Bonchev–Trinajstić information content (AvgIpc) is 3.39. The fourth-order valence-corrected chi connectivity index (χ4v) is 4.89. The zero-order valence-electron chi connectivity index (χ0n) is 21.2. The highest BCUT2D eigenvalue weighted by molar-refractivity contribution is 6.01. The molecule has 2 aliphatic rings. The summed E-state index contributed by atoms with van der Waals surface area (Å²) in [7, 11) is 0. The van der Waals surface area contributed by atoms with Gasteiger partial charge in [-0.1, -0.05) is 6.42 Å². The van der Waals surface area contributed by atoms with Crippen molar-refractivity contribution < 1.29 is 19.0 Å². The van der Waals surface area contributed by atoms with Crippen LogP contribution in [-0.4, -0.2) is 58.3 Å². The first-order valence-electron chi connectivity index (χ1n) is 13.3. The molecular weight excluding hydrogens is 482 g/mol. The van der Waals surface area contributed by atoms with Crippen LogP contribution in [-0.2, 0) is 9.47 Å². The molecule has 0 amide bonds. The number of ketones is 1. The molecule has 9 heteroatoms. The molecule has 3 aromatic heterocycles. The molecule has 2 aliphatic heterocycles. The number of pyridine rings is 1. The summed E-state index contributed by atoms with van der Waals surface area (Å²) >= 11 is 0. The molecule has 2 fully saturated rings. The molecule has 0 radical (unpaired) electrons. The second-order valence-electron chi connectivity index (χ2n) is 9.84. The van der Waals surface area contributed by atoms with E-state index in [9.17, 15) is 4.79 Å². The van der Waals surface area contributed by atoms with E-state index in [-0.39, 0.29) is 17.8 Å². The van der Waals surface area contributed by atoms with Gasteiger partial charge in [0.15, 0.2) is 5.78 Å². The summed E-state index contributed by atoms with van der Waals surface area (Å²) in [4.78, 5) is 30.1. The number of aromatic nitrogens is 4. The summed E-state index contributed by atoms with van der Waals surface area (Å²) in [6, 6.07) is 13.4. The average molecular weight is 514 g/mol. The van der Waals surface area contributed by atoms with Gasteiger partial charge < -0.3 is 24.5 Å². The van der Waals surface area contributed by atoms with Crippen LogP contribution in [0.5, 0.6) is 5.75 Å². The first kappa shape index (κ1) is 24.5. The van der Waals surface area contributed by atoms with Crippen molar-refractivity contribution in [2.75, 3.05) is 31.7 Å². The number of carbonyl (C=O) groups is 1. The smallest absolute Gasteiger partial charge is 0.227 e. The molecule has 1 atom stereocenters. The van der Waals surface area contributed by atoms with Gasteiger partial charge in [0, 0.05) is 54.2 Å². The molecule has 0 spiro atoms. The van der Waals surface area contributed by atoms with Crippen molar-refractivity contribution in [3.63, 3.8) is 0 Å². The molecule has 6 rings (SSSR count). The van der Waals surface area contributed by atoms with Crippen LogP contribution in [0.3, 0.4) is 0 Å². The van der Waals surface area contributed by atoms with Crippen molar-refractivity contribution in [1.29, 1.82) is 0 Å². The minimum atomic E-state index is 0.0399. The van der Waals surface area contributed by atoms with Gasteiger partial charge in [-0.05, 0) is 62.1 Å². The number of anilines is 2. The Balaban J connectivity index is 1.17. The van der Waals surface area contributed by atoms with Crippen molar-refractivity contribution in [1.82, 2.24) is 19.9 Å². The van der Waals surface area contributed by atoms with Gasteiger partial charge in [0.05, 0.1) is 30.3 Å². The van der Waals surface area contributed by atoms with E-state index in [0.717, 1.165) is 67.7 Å². The van der Waals surface area contributed by atoms with Crippen molar-refractivity contribution in [3.8, 4) is 17.1 Å². The molecule has 38 heavy (non-hydrogen) atoms. The lowest BCUT2D eigenvalue weighted by atomic mass is 9.91. The van der Waals surface area contributed by atoms with Crippen LogP contribution in [0, 0.1) is 5.92 Å². The second kappa shape index (κ2) is 11.3. The molecule has 0 bridgehead atoms. The van der Waals surface area contributed by atoms with E-state index in [0.29, 0.717) is 36.2 Å². The Kier molecular flexibility index (Phi) is 7.28. The van der Waals surface area contributed by atoms with E-state index < -0.39 is 0 Å². The number of aromatic amines is 1. The predicted molar refractivity (Wildman–Crippen MR) is 144 cm³/mol. The molecule has 2 N–H and O–H groups in total. The van der Waals surface area contributed by atoms with E-state index >= 15 is 0 Å². The Morgan fingerprint density at radius 2 is 1.79 bits per heavy atom. The van der Waals surface area contributed by atoms with Crippen LogP contribution in [0.25, 0.3) is 22.3 Å². The van der Waals surface area contributed by atoms with Gasteiger partial charge in [0.1, 0.15) is 11.9 Å². The SMILES string of the molecule is O=C(c1cc2cc(Nc3nccc(-c4cc(OC5COC5)ccn4)n3)ccc2[nH]1)C1CCCCOCCC1. The number of hydrogen-bond acceptors (Lipinski definition) is 8. The predicted octanol–water partition coefficient (Wildman–Crippen LogP) is 5.32. The van der Waals surface area contributed by atoms with Crippen LogP contribution in [0.15, 0.2) is 54.9 Å². The normalized spacial score (nSPS) is 18.7. The van der Waals surface area contributed by atoms with Crippen molar-refractivity contribution in [2.45, 2.75) is 38.2 Å². The number of ether oxygens (including phenoxy) is 3. The maximum Gasteiger partial charge on any atom is 0.227 e. The summed E-state index contributed by atoms with van der Waals surface area (Å²) < 4.78 is 16.7. The van der Waals surface area contributed by atoms with Gasteiger partial charge in [-0.2, -0.15) is 0 Å². The summed E-state index contributed by atoms with van der Waals surface area (Å²) in [5, 5.41) is 4.25. The lowest BCUT2D eigenvalue weighted by Gasteiger charge is -2.26. The molecule has 4 aromatic rings. The fourth-order valence-electron chi connectivity index (χ4n) is 4.89. The minimum absolute atomic E-state index is 0.0399. The van der Waals surface area contributed by atoms with Crippen LogP contribution in [0.4, 0.5) is 11.6 Å². The molecule has 0 saturated carbocycles. The van der Waals surface area contributed by atoms with E-state index in [1.807, 2.05) is 42.5 Å². The molecule has 196 valence electrons. The molecule has 2 saturated heterocycles. The molecule has 1 unspecified atom stereocenters. The molecular formula is C29H31N5O4. The second-order valence-corrected chi connectivity index (χ2v) is 9.84. The maximum atomic E-state index is 13.3. The van der Waals surface area contributed by atoms with E-state index in [1.54, 1.807) is 12.4 Å². The topological polar surface area (TPSA) is 111 Å². The first-order chi connectivity index (χ1) is 18.7. The number of nitrogens with one attached hydrogen (secondary N) is 2. The highest BCUT2D eigenvalue weighted by Gasteiger charge is 2.22. The highest BCUT2D eigenvalue weighted by Crippen LogP contribution is 2.27. The third kappa shape index (κ3) is 5.69. The number of benzene rings is 1. The minimum Gasteiger partial charge on any atom is -0.485 e. The Morgan fingerprint density at radius 3 is 2.68 bits per heavy atom. The van der Waals surface area contributed by atoms with Gasteiger partial charge in [-0.3, -0.25) is 9.78 Å². The quantitative estimate of drug-likeness (QED) is 0.320. The summed E-state index contributed by atoms with van der Waals surface area (Å²) in [6.45, 7) is 2.75. The summed E-state index contributed by atoms with van der Waals surface area (Å²) in [5.41, 5.74) is 3.82. The van der Waals surface area contributed by atoms with E-state index in [1.165, 1.54) is 0 Å². The Labute approximate surface area is 221 Å². The Morgan fingerprint density at radius 1 is 0.921 bits per heavy atom. The third-order valence-corrected chi connectivity index (χ3v) is 7.01. The number of carbonyl (C=O) groups excluding carboxylic acids is 1. The Bertz CT molecular complexity index is 1410. The van der Waals surface area contributed by atoms with Crippen molar-refractivity contribution in [2.24, 2.45) is 5.92 Å². The van der Waals surface area contributed by atoms with Crippen LogP contribution in [0.2, 0.25) is 0 Å². The Hall–Kier alpha value is -3.82. The van der Waals surface area contributed by atoms with Gasteiger partial charge >= 0.3 is 0 Å². The standard InChI is InChI=1S/C29H31N5O4/c35-28(19-4-1-2-12-36-13-3-5-19)27-15-20-14-21(6-7-24(20)33-27)32-29-31-11-9-25(34-29)26-16-22(8-10-30-26)38-23-17-37-18-23/h6-11,14-16,19,23,33H,1-5,12-13,17-18H2,(H,31,32,34). The third-order valence-electron chi connectivity index (χ3n) is 7.01. The van der Waals surface area contributed by atoms with Gasteiger partial charge in [-0.15, -0.1) is 0 Å². The maximum absolute atomic E-state index is 13.3. The molecule has 9 nitrogen and oxygen atoms in total. The van der Waals surface area contributed by atoms with E-state index in [2.05, 4.69) is 25.3 Å². The number of H-pyrrole nitrogens is 1. The van der Waals surface area contributed by atoms with Crippen LogP contribution < -0.4 is 10.1 Å².